The van der Waals surface area contributed by atoms with Gasteiger partial charge in [-0.25, -0.2) is 9.59 Å². The minimum absolute atomic E-state index is 0.00602. The number of nitrogens with zero attached hydrogens (tertiary/aromatic N) is 3. The topological polar surface area (TPSA) is 131 Å². The SMILES string of the molecule is COC(=O)N(CC([SiH3])(Cn1c(O)c2ccccc2c1O)OC(=O)c1ccc(Cl)s1)c1ccc(N2CCOCC2=O)cc1. The van der Waals surface area contributed by atoms with E-state index in [1.54, 1.807) is 65.6 Å². The van der Waals surface area contributed by atoms with E-state index in [1.807, 2.05) is 0 Å². The molecule has 1 saturated heterocycles. The van der Waals surface area contributed by atoms with E-state index in [1.165, 1.54) is 16.6 Å². The molecule has 0 bridgehead atoms. The van der Waals surface area contributed by atoms with Gasteiger partial charge >= 0.3 is 12.1 Å². The molecule has 220 valence electrons. The van der Waals surface area contributed by atoms with Crippen LogP contribution in [0.5, 0.6) is 11.8 Å². The molecule has 1 aliphatic rings. The number of amides is 2. The molecule has 11 nitrogen and oxygen atoms in total. The Balaban J connectivity index is 1.50. The van der Waals surface area contributed by atoms with Crippen LogP contribution in [0.4, 0.5) is 16.2 Å². The Labute approximate surface area is 252 Å². The Morgan fingerprint density at radius 2 is 1.76 bits per heavy atom. The van der Waals surface area contributed by atoms with Crippen LogP contribution in [0.3, 0.4) is 0 Å². The van der Waals surface area contributed by atoms with E-state index in [0.29, 0.717) is 39.6 Å². The average molecular weight is 630 g/mol. The number of anilines is 2. The molecule has 0 spiro atoms. The fraction of sp³-hybridized carbons (Fsp3) is 0.250. The molecule has 0 radical (unpaired) electrons. The van der Waals surface area contributed by atoms with Crippen LogP contribution < -0.4 is 9.80 Å². The van der Waals surface area contributed by atoms with E-state index >= 15 is 0 Å². The first kappa shape index (κ1) is 29.4. The molecular weight excluding hydrogens is 602 g/mol. The quantitative estimate of drug-likeness (QED) is 0.224. The molecule has 5 rings (SSSR count). The summed E-state index contributed by atoms with van der Waals surface area (Å²) < 4.78 is 18.0. The number of carbonyl (C=O) groups is 3. The summed E-state index contributed by atoms with van der Waals surface area (Å²) in [5.74, 6) is -1.24. The van der Waals surface area contributed by atoms with Crippen LogP contribution in [-0.2, 0) is 25.5 Å². The standard InChI is InChI=1S/C28H28ClN3O8SSi/c1-38-27(37)31(18-8-6-17(7-9-18)30-12-13-39-14-23(30)33)15-28(42,40-26(36)21-10-11-22(29)41-21)16-32-24(34)19-4-2-3-5-20(19)25(32)35/h2-11,34-35H,12-16H2,1,42H3. The van der Waals surface area contributed by atoms with Crippen LogP contribution >= 0.6 is 22.9 Å². The minimum atomic E-state index is -1.37. The summed E-state index contributed by atoms with van der Waals surface area (Å²) in [5, 5.41) is 21.5. The zero-order chi connectivity index (χ0) is 30.0. The zero-order valence-corrected chi connectivity index (χ0v) is 26.4. The Morgan fingerprint density at radius 3 is 2.33 bits per heavy atom. The predicted octanol–water partition coefficient (Wildman–Crippen LogP) is 3.32. The number of aromatic nitrogens is 1. The molecule has 2 aromatic heterocycles. The fourth-order valence-electron chi connectivity index (χ4n) is 4.87. The Hall–Kier alpha value is -4.04. The van der Waals surface area contributed by atoms with Gasteiger partial charge in [-0.2, -0.15) is 0 Å². The first-order valence-corrected chi connectivity index (χ1v) is 15.1. The minimum Gasteiger partial charge on any atom is -0.494 e. The van der Waals surface area contributed by atoms with Crippen molar-refractivity contribution in [3.8, 4) is 11.8 Å². The molecule has 2 aromatic carbocycles. The summed E-state index contributed by atoms with van der Waals surface area (Å²) in [6, 6.07) is 16.6. The maximum absolute atomic E-state index is 13.2. The third-order valence-corrected chi connectivity index (χ3v) is 8.92. The van der Waals surface area contributed by atoms with Crippen molar-refractivity contribution >= 4 is 73.3 Å². The number of esters is 1. The van der Waals surface area contributed by atoms with Gasteiger partial charge in [0.05, 0.1) is 41.4 Å². The summed E-state index contributed by atoms with van der Waals surface area (Å²) in [5.41, 5.74) is 1.07. The monoisotopic (exact) mass is 629 g/mol. The number of benzene rings is 2. The first-order valence-electron chi connectivity index (χ1n) is 12.9. The maximum atomic E-state index is 13.2. The second-order valence-electron chi connectivity index (χ2n) is 9.89. The summed E-state index contributed by atoms with van der Waals surface area (Å²) in [6.07, 6.45) is -0.716. The molecule has 0 aliphatic carbocycles. The lowest BCUT2D eigenvalue weighted by Gasteiger charge is -2.35. The van der Waals surface area contributed by atoms with Crippen LogP contribution in [-0.4, -0.2) is 81.6 Å². The second-order valence-corrected chi connectivity index (χ2v) is 13.4. The van der Waals surface area contributed by atoms with E-state index in [0.717, 1.165) is 11.3 Å². The molecule has 0 saturated carbocycles. The van der Waals surface area contributed by atoms with Gasteiger partial charge in [-0.15, -0.1) is 11.3 Å². The van der Waals surface area contributed by atoms with E-state index in [2.05, 4.69) is 0 Å². The highest BCUT2D eigenvalue weighted by Crippen LogP contribution is 2.38. The summed E-state index contributed by atoms with van der Waals surface area (Å²) in [7, 11) is 1.40. The molecule has 1 aliphatic heterocycles. The van der Waals surface area contributed by atoms with E-state index in [9.17, 15) is 24.6 Å². The maximum Gasteiger partial charge on any atom is 0.414 e. The molecule has 42 heavy (non-hydrogen) atoms. The van der Waals surface area contributed by atoms with Crippen molar-refractivity contribution in [2.75, 3.05) is 43.2 Å². The van der Waals surface area contributed by atoms with Crippen LogP contribution in [0.2, 0.25) is 4.34 Å². The zero-order valence-electron chi connectivity index (χ0n) is 22.8. The summed E-state index contributed by atoms with van der Waals surface area (Å²) >= 11 is 7.09. The number of thiophene rings is 1. The number of hydrogen-bond donors (Lipinski definition) is 2. The molecule has 14 heteroatoms. The van der Waals surface area contributed by atoms with Crippen molar-refractivity contribution in [2.24, 2.45) is 0 Å². The molecule has 1 fully saturated rings. The third kappa shape index (κ3) is 5.95. The Bertz CT molecular complexity index is 1600. The normalized spacial score (nSPS) is 15.0. The molecule has 1 atom stereocenters. The number of carbonyl (C=O) groups excluding carboxylic acids is 3. The van der Waals surface area contributed by atoms with Gasteiger partial charge < -0.3 is 29.3 Å². The van der Waals surface area contributed by atoms with E-state index < -0.39 is 17.3 Å². The van der Waals surface area contributed by atoms with Gasteiger partial charge in [0, 0.05) is 28.7 Å². The number of fused-ring (bicyclic) bond motifs is 1. The highest BCUT2D eigenvalue weighted by Gasteiger charge is 2.37. The largest absolute Gasteiger partial charge is 0.494 e. The number of ether oxygens (including phenoxy) is 3. The smallest absolute Gasteiger partial charge is 0.414 e. The predicted molar refractivity (Wildman–Crippen MR) is 162 cm³/mol. The van der Waals surface area contributed by atoms with Crippen molar-refractivity contribution in [1.29, 1.82) is 0 Å². The van der Waals surface area contributed by atoms with Crippen molar-refractivity contribution in [1.82, 2.24) is 4.57 Å². The number of hydrogen-bond acceptors (Lipinski definition) is 9. The van der Waals surface area contributed by atoms with Crippen LogP contribution in [0.15, 0.2) is 60.7 Å². The average Bonchev–Trinajstić information content (AvgIpc) is 3.53. The number of rotatable bonds is 8. The van der Waals surface area contributed by atoms with Gasteiger partial charge in [0.1, 0.15) is 16.7 Å². The number of methoxy groups -OCH3 is 1. The molecule has 4 aromatic rings. The summed E-state index contributed by atoms with van der Waals surface area (Å²) in [4.78, 5) is 41.8. The lowest BCUT2D eigenvalue weighted by Crippen LogP contribution is -2.51. The Kier molecular flexibility index (Phi) is 8.45. The molecule has 1 unspecified atom stereocenters. The van der Waals surface area contributed by atoms with Gasteiger partial charge in [0.25, 0.3) is 5.91 Å². The van der Waals surface area contributed by atoms with Gasteiger partial charge in [0.15, 0.2) is 0 Å². The van der Waals surface area contributed by atoms with Gasteiger partial charge in [-0.3, -0.25) is 14.3 Å². The van der Waals surface area contributed by atoms with Crippen molar-refractivity contribution < 1.29 is 38.8 Å². The molecular formula is C28H28ClN3O8SSi. The number of aromatic hydroxyl groups is 2. The molecule has 2 N–H and O–H groups in total. The van der Waals surface area contributed by atoms with Crippen LogP contribution in [0.25, 0.3) is 10.8 Å². The second kappa shape index (κ2) is 12.1. The van der Waals surface area contributed by atoms with E-state index in [-0.39, 0.29) is 52.5 Å². The highest BCUT2D eigenvalue weighted by molar-refractivity contribution is 7.17. The lowest BCUT2D eigenvalue weighted by molar-refractivity contribution is -0.125. The van der Waals surface area contributed by atoms with Crippen molar-refractivity contribution in [3.63, 3.8) is 0 Å². The number of halogens is 1. The lowest BCUT2D eigenvalue weighted by atomic mass is 10.2. The van der Waals surface area contributed by atoms with Crippen LogP contribution in [0.1, 0.15) is 9.67 Å². The van der Waals surface area contributed by atoms with Crippen molar-refractivity contribution in [3.05, 3.63) is 69.9 Å². The molecule has 3 heterocycles. The summed E-state index contributed by atoms with van der Waals surface area (Å²) in [6.45, 7) is 0.487. The molecule has 2 amide bonds. The first-order chi connectivity index (χ1) is 20.1. The fourth-order valence-corrected chi connectivity index (χ4v) is 6.61. The van der Waals surface area contributed by atoms with Gasteiger partial charge in [-0.1, -0.05) is 23.7 Å². The van der Waals surface area contributed by atoms with Gasteiger partial charge in [-0.05, 0) is 48.5 Å². The van der Waals surface area contributed by atoms with E-state index in [4.69, 9.17) is 25.8 Å². The van der Waals surface area contributed by atoms with Crippen LogP contribution in [0, 0.1) is 0 Å². The Morgan fingerprint density at radius 1 is 1.10 bits per heavy atom. The van der Waals surface area contributed by atoms with Crippen molar-refractivity contribution in [2.45, 2.75) is 11.8 Å². The third-order valence-electron chi connectivity index (χ3n) is 6.87. The van der Waals surface area contributed by atoms with Gasteiger partial charge in [0.2, 0.25) is 11.8 Å². The number of morpholine rings is 1. The highest BCUT2D eigenvalue weighted by atomic mass is 35.5.